The van der Waals surface area contributed by atoms with Crippen LogP contribution in [0.3, 0.4) is 0 Å². The van der Waals surface area contributed by atoms with Gasteiger partial charge >= 0.3 is 0 Å². The Bertz CT molecular complexity index is 154. The third-order valence-corrected chi connectivity index (χ3v) is 2.47. The minimum Gasteiger partial charge on any atom is -0.298 e. The first-order valence-electron chi connectivity index (χ1n) is 4.41. The van der Waals surface area contributed by atoms with Crippen LogP contribution in [0.4, 0.5) is 0 Å². The van der Waals surface area contributed by atoms with E-state index in [0.29, 0.717) is 11.8 Å². The van der Waals surface area contributed by atoms with Crippen molar-refractivity contribution in [3.63, 3.8) is 0 Å². The first-order valence-corrected chi connectivity index (χ1v) is 4.41. The number of nitrogens with zero attached hydrogens (tertiary/aromatic N) is 1. The Kier molecular flexibility index (Phi) is 2.66. The molecular weight excluding hydrogens is 138 g/mol. The van der Waals surface area contributed by atoms with Gasteiger partial charge in [0.1, 0.15) is 5.78 Å². The number of hydrogen-bond acceptors (Lipinski definition) is 2. The van der Waals surface area contributed by atoms with Gasteiger partial charge in [-0.25, -0.2) is 0 Å². The minimum absolute atomic E-state index is 0.156. The van der Waals surface area contributed by atoms with Crippen LogP contribution in [0.1, 0.15) is 33.6 Å². The third kappa shape index (κ3) is 1.80. The molecule has 2 nitrogen and oxygen atoms in total. The van der Waals surface area contributed by atoms with E-state index in [1.807, 2.05) is 6.92 Å². The molecule has 1 unspecified atom stereocenters. The Morgan fingerprint density at radius 3 is 2.64 bits per heavy atom. The second-order valence-corrected chi connectivity index (χ2v) is 3.58. The van der Waals surface area contributed by atoms with Crippen molar-refractivity contribution >= 4 is 5.78 Å². The molecule has 1 saturated heterocycles. The molecule has 0 N–H and O–H groups in total. The molecule has 0 aromatic heterocycles. The standard InChI is InChI=1S/C9H17NO/c1-7(2)10-6-4-5-9(11)8(10)3/h7-8H,4-6H2,1-3H3. The molecule has 0 aromatic rings. The summed E-state index contributed by atoms with van der Waals surface area (Å²) in [6.45, 7) is 7.40. The van der Waals surface area contributed by atoms with Crippen LogP contribution in [-0.4, -0.2) is 29.3 Å². The summed E-state index contributed by atoms with van der Waals surface area (Å²) in [7, 11) is 0. The number of likely N-dealkylation sites (tertiary alicyclic amines) is 1. The highest BCUT2D eigenvalue weighted by atomic mass is 16.1. The number of ketones is 1. The smallest absolute Gasteiger partial charge is 0.149 e. The third-order valence-electron chi connectivity index (χ3n) is 2.47. The fourth-order valence-corrected chi connectivity index (χ4v) is 1.73. The molecule has 0 aromatic carbocycles. The molecule has 1 atom stereocenters. The van der Waals surface area contributed by atoms with E-state index in [1.54, 1.807) is 0 Å². The van der Waals surface area contributed by atoms with Crippen LogP contribution in [0.2, 0.25) is 0 Å². The summed E-state index contributed by atoms with van der Waals surface area (Å²) in [5.74, 6) is 0.407. The highest BCUT2D eigenvalue weighted by molar-refractivity contribution is 5.84. The minimum atomic E-state index is 0.156. The molecule has 2 heteroatoms. The first kappa shape index (κ1) is 8.72. The molecule has 0 saturated carbocycles. The van der Waals surface area contributed by atoms with Gasteiger partial charge in [0.25, 0.3) is 0 Å². The Morgan fingerprint density at radius 1 is 1.55 bits per heavy atom. The van der Waals surface area contributed by atoms with Crippen LogP contribution in [0, 0.1) is 0 Å². The van der Waals surface area contributed by atoms with Gasteiger partial charge in [0.2, 0.25) is 0 Å². The summed E-state index contributed by atoms with van der Waals surface area (Å²) in [5.41, 5.74) is 0. The van der Waals surface area contributed by atoms with Crippen molar-refractivity contribution in [3.05, 3.63) is 0 Å². The van der Waals surface area contributed by atoms with Crippen LogP contribution >= 0.6 is 0 Å². The Morgan fingerprint density at radius 2 is 2.18 bits per heavy atom. The molecule has 0 aliphatic carbocycles. The maximum absolute atomic E-state index is 11.3. The molecule has 1 fully saturated rings. The molecular formula is C9H17NO. The van der Waals surface area contributed by atoms with E-state index in [9.17, 15) is 4.79 Å². The number of carbonyl (C=O) groups excluding carboxylic acids is 1. The summed E-state index contributed by atoms with van der Waals surface area (Å²) in [4.78, 5) is 13.5. The second-order valence-electron chi connectivity index (χ2n) is 3.58. The highest BCUT2D eigenvalue weighted by Gasteiger charge is 2.26. The van der Waals surface area contributed by atoms with Crippen molar-refractivity contribution in [3.8, 4) is 0 Å². The zero-order valence-corrected chi connectivity index (χ0v) is 7.63. The van der Waals surface area contributed by atoms with E-state index in [0.717, 1.165) is 19.4 Å². The van der Waals surface area contributed by atoms with Crippen LogP contribution < -0.4 is 0 Å². The van der Waals surface area contributed by atoms with Gasteiger partial charge < -0.3 is 0 Å². The fourth-order valence-electron chi connectivity index (χ4n) is 1.73. The summed E-state index contributed by atoms with van der Waals surface area (Å²) < 4.78 is 0. The van der Waals surface area contributed by atoms with Crippen molar-refractivity contribution in [2.75, 3.05) is 6.54 Å². The predicted molar refractivity (Wildman–Crippen MR) is 45.5 cm³/mol. The van der Waals surface area contributed by atoms with Crippen LogP contribution in [0.5, 0.6) is 0 Å². The summed E-state index contributed by atoms with van der Waals surface area (Å²) in [5, 5.41) is 0. The maximum atomic E-state index is 11.3. The molecule has 1 aliphatic rings. The normalized spacial score (nSPS) is 28.0. The predicted octanol–water partition coefficient (Wildman–Crippen LogP) is 1.45. The van der Waals surface area contributed by atoms with E-state index in [1.165, 1.54) is 0 Å². The molecule has 0 spiro atoms. The van der Waals surface area contributed by atoms with Crippen molar-refractivity contribution in [1.29, 1.82) is 0 Å². The van der Waals surface area contributed by atoms with Gasteiger partial charge in [-0.2, -0.15) is 0 Å². The fraction of sp³-hybridized carbons (Fsp3) is 0.889. The average Bonchev–Trinajstić information content (AvgIpc) is 1.94. The zero-order valence-electron chi connectivity index (χ0n) is 7.63. The van der Waals surface area contributed by atoms with E-state index >= 15 is 0 Å². The molecule has 0 bridgehead atoms. The Balaban J connectivity index is 2.58. The number of rotatable bonds is 1. The Labute approximate surface area is 68.6 Å². The van der Waals surface area contributed by atoms with E-state index in [4.69, 9.17) is 0 Å². The summed E-state index contributed by atoms with van der Waals surface area (Å²) in [6.07, 6.45) is 1.83. The first-order chi connectivity index (χ1) is 5.13. The SMILES string of the molecule is CC(C)N1CCCC(=O)C1C. The van der Waals surface area contributed by atoms with Gasteiger partial charge in [0.05, 0.1) is 6.04 Å². The molecule has 1 heterocycles. The van der Waals surface area contributed by atoms with Gasteiger partial charge in [-0.1, -0.05) is 0 Å². The lowest BCUT2D eigenvalue weighted by molar-refractivity contribution is -0.127. The van der Waals surface area contributed by atoms with Gasteiger partial charge in [-0.15, -0.1) is 0 Å². The summed E-state index contributed by atoms with van der Waals surface area (Å²) >= 11 is 0. The maximum Gasteiger partial charge on any atom is 0.149 e. The summed E-state index contributed by atoms with van der Waals surface area (Å²) in [6, 6.07) is 0.665. The molecule has 0 amide bonds. The number of piperidine rings is 1. The largest absolute Gasteiger partial charge is 0.298 e. The van der Waals surface area contributed by atoms with Crippen molar-refractivity contribution < 1.29 is 4.79 Å². The van der Waals surface area contributed by atoms with Crippen molar-refractivity contribution in [2.24, 2.45) is 0 Å². The quantitative estimate of drug-likeness (QED) is 0.571. The highest BCUT2D eigenvalue weighted by Crippen LogP contribution is 2.15. The molecule has 1 aliphatic heterocycles. The molecule has 11 heavy (non-hydrogen) atoms. The van der Waals surface area contributed by atoms with E-state index in [-0.39, 0.29) is 6.04 Å². The van der Waals surface area contributed by atoms with Crippen molar-refractivity contribution in [2.45, 2.75) is 45.7 Å². The van der Waals surface area contributed by atoms with Crippen LogP contribution in [0.25, 0.3) is 0 Å². The monoisotopic (exact) mass is 155 g/mol. The van der Waals surface area contributed by atoms with Gasteiger partial charge in [0, 0.05) is 12.5 Å². The van der Waals surface area contributed by atoms with E-state index in [2.05, 4.69) is 18.7 Å². The second kappa shape index (κ2) is 3.35. The van der Waals surface area contributed by atoms with E-state index < -0.39 is 0 Å². The number of hydrogen-bond donors (Lipinski definition) is 0. The number of carbonyl (C=O) groups is 1. The van der Waals surface area contributed by atoms with Crippen LogP contribution in [-0.2, 0) is 4.79 Å². The zero-order chi connectivity index (χ0) is 8.43. The van der Waals surface area contributed by atoms with Crippen molar-refractivity contribution in [1.82, 2.24) is 4.90 Å². The van der Waals surface area contributed by atoms with Gasteiger partial charge in [0.15, 0.2) is 0 Å². The molecule has 0 radical (unpaired) electrons. The van der Waals surface area contributed by atoms with Gasteiger partial charge in [-0.3, -0.25) is 9.69 Å². The average molecular weight is 155 g/mol. The Hall–Kier alpha value is -0.370. The molecule has 1 rings (SSSR count). The lowest BCUT2D eigenvalue weighted by Gasteiger charge is -2.35. The number of Topliss-reactive ketones (excluding diaryl/α,β-unsaturated/α-hetero) is 1. The molecule has 64 valence electrons. The van der Waals surface area contributed by atoms with Gasteiger partial charge in [-0.05, 0) is 33.7 Å². The topological polar surface area (TPSA) is 20.3 Å². The lowest BCUT2D eigenvalue weighted by Crippen LogP contribution is -2.47. The lowest BCUT2D eigenvalue weighted by atomic mass is 10.0. The van der Waals surface area contributed by atoms with Crippen LogP contribution in [0.15, 0.2) is 0 Å².